The van der Waals surface area contributed by atoms with Crippen LogP contribution in [0.2, 0.25) is 0 Å². The van der Waals surface area contributed by atoms with Crippen molar-refractivity contribution >= 4 is 29.0 Å². The van der Waals surface area contributed by atoms with Crippen molar-refractivity contribution in [2.45, 2.75) is 19.8 Å². The van der Waals surface area contributed by atoms with Gasteiger partial charge in [-0.1, -0.05) is 18.2 Å². The SMILES string of the molecule is CNc1cc(-n2ncnc2Nc2cc(NC(=O)c3cccc(C(C)(F)F)c3)ccc2C)ncn1. The van der Waals surface area contributed by atoms with E-state index in [0.29, 0.717) is 29.0 Å². The lowest BCUT2D eigenvalue weighted by molar-refractivity contribution is 0.0174. The zero-order chi connectivity index (χ0) is 24.3. The van der Waals surface area contributed by atoms with Crippen molar-refractivity contribution in [3.63, 3.8) is 0 Å². The Labute approximate surface area is 194 Å². The third-order valence-corrected chi connectivity index (χ3v) is 5.05. The Kier molecular flexibility index (Phi) is 6.17. The minimum atomic E-state index is -3.04. The highest BCUT2D eigenvalue weighted by atomic mass is 19.3. The molecule has 9 nitrogen and oxygen atoms in total. The lowest BCUT2D eigenvalue weighted by Gasteiger charge is -2.14. The Hall–Kier alpha value is -4.41. The van der Waals surface area contributed by atoms with Gasteiger partial charge in [-0.05, 0) is 36.8 Å². The maximum atomic E-state index is 13.6. The summed E-state index contributed by atoms with van der Waals surface area (Å²) in [5.41, 5.74) is 1.95. The number of halogens is 2. The second kappa shape index (κ2) is 9.22. The van der Waals surface area contributed by atoms with Crippen LogP contribution in [0.3, 0.4) is 0 Å². The van der Waals surface area contributed by atoms with Crippen LogP contribution in [0.25, 0.3) is 5.82 Å². The van der Waals surface area contributed by atoms with Crippen LogP contribution in [-0.4, -0.2) is 37.7 Å². The Morgan fingerprint density at radius 2 is 1.85 bits per heavy atom. The van der Waals surface area contributed by atoms with E-state index in [1.54, 1.807) is 25.2 Å². The van der Waals surface area contributed by atoms with Gasteiger partial charge < -0.3 is 16.0 Å². The highest BCUT2D eigenvalue weighted by Crippen LogP contribution is 2.28. The number of carbonyl (C=O) groups excluding carboxylic acids is 1. The van der Waals surface area contributed by atoms with Crippen LogP contribution in [0, 0.1) is 6.92 Å². The highest BCUT2D eigenvalue weighted by molar-refractivity contribution is 6.04. The molecule has 2 heterocycles. The number of nitrogens with one attached hydrogen (secondary N) is 3. The zero-order valence-corrected chi connectivity index (χ0v) is 18.7. The molecule has 0 bridgehead atoms. The van der Waals surface area contributed by atoms with Crippen molar-refractivity contribution in [3.8, 4) is 5.82 Å². The topological polar surface area (TPSA) is 110 Å². The van der Waals surface area contributed by atoms with E-state index in [1.165, 1.54) is 41.6 Å². The smallest absolute Gasteiger partial charge is 0.270 e. The molecular formula is C23H22F2N8O. The minimum Gasteiger partial charge on any atom is -0.373 e. The number of alkyl halides is 2. The van der Waals surface area contributed by atoms with Crippen LogP contribution < -0.4 is 16.0 Å². The van der Waals surface area contributed by atoms with Crippen molar-refractivity contribution in [3.05, 3.63) is 77.9 Å². The summed E-state index contributed by atoms with van der Waals surface area (Å²) in [4.78, 5) is 25.3. The molecule has 0 unspecified atom stereocenters. The molecule has 0 spiro atoms. The number of hydrogen-bond acceptors (Lipinski definition) is 7. The van der Waals surface area contributed by atoms with Gasteiger partial charge in [-0.15, -0.1) is 0 Å². The number of hydrogen-bond donors (Lipinski definition) is 3. The predicted octanol–water partition coefficient (Wildman–Crippen LogP) is 4.52. The van der Waals surface area contributed by atoms with Crippen molar-refractivity contribution in [2.24, 2.45) is 0 Å². The number of amides is 1. The summed E-state index contributed by atoms with van der Waals surface area (Å²) >= 11 is 0. The van der Waals surface area contributed by atoms with Gasteiger partial charge in [0.05, 0.1) is 0 Å². The van der Waals surface area contributed by atoms with Crippen molar-refractivity contribution in [1.82, 2.24) is 24.7 Å². The Balaban J connectivity index is 1.56. The largest absolute Gasteiger partial charge is 0.373 e. The molecule has 0 atom stereocenters. The summed E-state index contributed by atoms with van der Waals surface area (Å²) in [6, 6.07) is 12.4. The normalized spacial score (nSPS) is 11.2. The molecule has 0 fully saturated rings. The summed E-state index contributed by atoms with van der Waals surface area (Å²) in [6.07, 6.45) is 2.80. The molecule has 0 saturated carbocycles. The molecule has 174 valence electrons. The molecule has 0 aliphatic rings. The average molecular weight is 464 g/mol. The van der Waals surface area contributed by atoms with Crippen LogP contribution >= 0.6 is 0 Å². The molecular weight excluding hydrogens is 442 g/mol. The number of nitrogens with zero attached hydrogens (tertiary/aromatic N) is 5. The van der Waals surface area contributed by atoms with E-state index in [2.05, 4.69) is 36.0 Å². The van der Waals surface area contributed by atoms with E-state index < -0.39 is 11.8 Å². The molecule has 34 heavy (non-hydrogen) atoms. The zero-order valence-electron chi connectivity index (χ0n) is 18.7. The van der Waals surface area contributed by atoms with Gasteiger partial charge in [-0.3, -0.25) is 4.79 Å². The first-order valence-electron chi connectivity index (χ1n) is 10.3. The molecule has 11 heteroatoms. The third-order valence-electron chi connectivity index (χ3n) is 5.05. The number of anilines is 4. The number of rotatable bonds is 7. The summed E-state index contributed by atoms with van der Waals surface area (Å²) in [5, 5.41) is 13.1. The Morgan fingerprint density at radius 1 is 1.03 bits per heavy atom. The Morgan fingerprint density at radius 3 is 2.62 bits per heavy atom. The fourth-order valence-electron chi connectivity index (χ4n) is 3.19. The van der Waals surface area contributed by atoms with Gasteiger partial charge >= 0.3 is 0 Å². The molecule has 2 aromatic heterocycles. The van der Waals surface area contributed by atoms with Gasteiger partial charge in [0.25, 0.3) is 11.8 Å². The fraction of sp³-hybridized carbons (Fsp3) is 0.174. The van der Waals surface area contributed by atoms with Crippen LogP contribution in [0.1, 0.15) is 28.4 Å². The lowest BCUT2D eigenvalue weighted by Crippen LogP contribution is -2.14. The molecule has 4 rings (SSSR count). The maximum absolute atomic E-state index is 13.6. The molecule has 2 aromatic carbocycles. The van der Waals surface area contributed by atoms with Gasteiger partial charge in [0, 0.05) is 42.5 Å². The maximum Gasteiger partial charge on any atom is 0.270 e. The summed E-state index contributed by atoms with van der Waals surface area (Å²) < 4.78 is 28.8. The molecule has 0 aliphatic carbocycles. The summed E-state index contributed by atoms with van der Waals surface area (Å²) in [6.45, 7) is 2.69. The molecule has 1 amide bonds. The number of aryl methyl sites for hydroxylation is 1. The first-order valence-corrected chi connectivity index (χ1v) is 10.3. The van der Waals surface area contributed by atoms with E-state index in [0.717, 1.165) is 12.5 Å². The van der Waals surface area contributed by atoms with E-state index in [1.807, 2.05) is 13.0 Å². The molecule has 3 N–H and O–H groups in total. The van der Waals surface area contributed by atoms with Gasteiger partial charge in [0.1, 0.15) is 18.5 Å². The number of carbonyl (C=O) groups is 1. The van der Waals surface area contributed by atoms with E-state index in [4.69, 9.17) is 0 Å². The van der Waals surface area contributed by atoms with Gasteiger partial charge in [-0.25, -0.2) is 18.7 Å². The quantitative estimate of drug-likeness (QED) is 0.369. The number of benzene rings is 2. The van der Waals surface area contributed by atoms with Crippen molar-refractivity contribution in [2.75, 3.05) is 23.0 Å². The minimum absolute atomic E-state index is 0.137. The Bertz CT molecular complexity index is 1330. The lowest BCUT2D eigenvalue weighted by atomic mass is 10.1. The van der Waals surface area contributed by atoms with Crippen molar-refractivity contribution in [1.29, 1.82) is 0 Å². The predicted molar refractivity (Wildman–Crippen MR) is 125 cm³/mol. The summed E-state index contributed by atoms with van der Waals surface area (Å²) in [7, 11) is 1.75. The molecule has 4 aromatic rings. The molecule has 0 saturated heterocycles. The van der Waals surface area contributed by atoms with Crippen LogP contribution in [0.5, 0.6) is 0 Å². The summed E-state index contributed by atoms with van der Waals surface area (Å²) in [5.74, 6) is -1.99. The van der Waals surface area contributed by atoms with E-state index in [9.17, 15) is 13.6 Å². The molecule has 0 aliphatic heterocycles. The fourth-order valence-corrected chi connectivity index (χ4v) is 3.19. The van der Waals surface area contributed by atoms with E-state index >= 15 is 0 Å². The average Bonchev–Trinajstić information content (AvgIpc) is 3.29. The van der Waals surface area contributed by atoms with Crippen LogP contribution in [0.15, 0.2) is 61.2 Å². The highest BCUT2D eigenvalue weighted by Gasteiger charge is 2.25. The molecule has 0 radical (unpaired) electrons. The monoisotopic (exact) mass is 464 g/mol. The number of aromatic nitrogens is 5. The first-order chi connectivity index (χ1) is 16.2. The van der Waals surface area contributed by atoms with E-state index in [-0.39, 0.29) is 11.1 Å². The van der Waals surface area contributed by atoms with Gasteiger partial charge in [-0.2, -0.15) is 14.8 Å². The van der Waals surface area contributed by atoms with Crippen LogP contribution in [-0.2, 0) is 5.92 Å². The first kappa shape index (κ1) is 22.8. The van der Waals surface area contributed by atoms with Crippen LogP contribution in [0.4, 0.5) is 31.9 Å². The third kappa shape index (κ3) is 4.98. The van der Waals surface area contributed by atoms with Crippen molar-refractivity contribution < 1.29 is 13.6 Å². The second-order valence-electron chi connectivity index (χ2n) is 7.58. The second-order valence-corrected chi connectivity index (χ2v) is 7.58. The van der Waals surface area contributed by atoms with Gasteiger partial charge in [0.2, 0.25) is 5.95 Å². The van der Waals surface area contributed by atoms with Gasteiger partial charge in [0.15, 0.2) is 5.82 Å². The standard InChI is InChI=1S/C23H22F2N8O/c1-14-7-8-17(31-21(34)15-5-4-6-16(9-15)23(2,24)25)10-18(14)32-22-29-13-30-33(22)20-11-19(26-3)27-12-28-20/h4-13H,1-3H3,(H,31,34)(H,26,27,28)(H,29,30,32).